The van der Waals surface area contributed by atoms with Crippen molar-refractivity contribution in [3.63, 3.8) is 0 Å². The lowest BCUT2D eigenvalue weighted by atomic mass is 10.2. The quantitative estimate of drug-likeness (QED) is 0.195. The highest BCUT2D eigenvalue weighted by atomic mass is 31.2. The third kappa shape index (κ3) is 16.3. The molecule has 33 heavy (non-hydrogen) atoms. The van der Waals surface area contributed by atoms with Gasteiger partial charge in [-0.2, -0.15) is 0 Å². The summed E-state index contributed by atoms with van der Waals surface area (Å²) in [4.78, 5) is 30.7. The molecular formula is C26H39O6P. The number of rotatable bonds is 9. The molecule has 184 valence electrons. The Labute approximate surface area is 199 Å². The predicted molar refractivity (Wildman–Crippen MR) is 132 cm³/mol. The van der Waals surface area contributed by atoms with Crippen LogP contribution in [0.5, 0.6) is 0 Å². The molecule has 0 aromatic heterocycles. The van der Waals surface area contributed by atoms with E-state index in [0.29, 0.717) is 6.29 Å². The van der Waals surface area contributed by atoms with Crippen LogP contribution in [0.2, 0.25) is 0 Å². The molecular weight excluding hydrogens is 439 g/mol. The minimum absolute atomic E-state index is 0.0622. The van der Waals surface area contributed by atoms with E-state index in [9.17, 15) is 18.9 Å². The van der Waals surface area contributed by atoms with Crippen molar-refractivity contribution in [2.24, 2.45) is 23.7 Å². The number of aldehydes is 1. The maximum absolute atomic E-state index is 11.1. The zero-order valence-corrected chi connectivity index (χ0v) is 21.8. The molecule has 0 amide bonds. The molecule has 0 bridgehead atoms. The van der Waals surface area contributed by atoms with E-state index < -0.39 is 7.60 Å². The number of carbonyl (C=O) groups excluding carboxylic acids is 3. The van der Waals surface area contributed by atoms with Gasteiger partial charge in [-0.3, -0.25) is 18.9 Å². The van der Waals surface area contributed by atoms with Crippen LogP contribution in [0.25, 0.3) is 0 Å². The second-order valence-corrected chi connectivity index (χ2v) is 10.5. The van der Waals surface area contributed by atoms with Gasteiger partial charge >= 0.3 is 7.60 Å². The monoisotopic (exact) mass is 478 g/mol. The molecule has 4 atom stereocenters. The Bertz CT molecular complexity index is 815. The molecule has 0 N–H and O–H groups in total. The van der Waals surface area contributed by atoms with Crippen LogP contribution in [0.3, 0.4) is 0 Å². The number of carbonyl (C=O) groups is 3. The molecule has 2 aliphatic rings. The average molecular weight is 479 g/mol. The molecule has 0 aromatic rings. The summed E-state index contributed by atoms with van der Waals surface area (Å²) < 4.78 is 20.1. The molecule has 7 heteroatoms. The molecule has 2 fully saturated rings. The Balaban J connectivity index is 0.000000472. The number of ketones is 2. The Hall–Kier alpha value is -1.98. The van der Waals surface area contributed by atoms with Crippen LogP contribution in [0.1, 0.15) is 66.2 Å². The molecule has 0 heterocycles. The van der Waals surface area contributed by atoms with E-state index in [1.807, 2.05) is 0 Å². The summed E-state index contributed by atoms with van der Waals surface area (Å²) in [5.74, 6) is 14.6. The lowest BCUT2D eigenvalue weighted by Crippen LogP contribution is -2.02. The van der Waals surface area contributed by atoms with E-state index in [2.05, 4.69) is 46.6 Å². The van der Waals surface area contributed by atoms with Crippen LogP contribution in [0, 0.1) is 47.4 Å². The van der Waals surface area contributed by atoms with E-state index in [-0.39, 0.29) is 17.7 Å². The first-order valence-corrected chi connectivity index (χ1v) is 13.2. The van der Waals surface area contributed by atoms with Crippen molar-refractivity contribution in [3.05, 3.63) is 12.2 Å². The fraction of sp³-hybridized carbons (Fsp3) is 0.654. The van der Waals surface area contributed by atoms with Crippen molar-refractivity contribution >= 4 is 25.4 Å². The van der Waals surface area contributed by atoms with Gasteiger partial charge < -0.3 is 9.05 Å². The minimum atomic E-state index is -3.09. The van der Waals surface area contributed by atoms with Gasteiger partial charge in [0, 0.05) is 27.1 Å². The highest BCUT2D eigenvalue weighted by Crippen LogP contribution is 2.46. The fourth-order valence-corrected chi connectivity index (χ4v) is 4.19. The Morgan fingerprint density at radius 2 is 1.39 bits per heavy atom. The summed E-state index contributed by atoms with van der Waals surface area (Å²) in [6, 6.07) is 0. The highest BCUT2D eigenvalue weighted by Gasteiger charge is 2.34. The second-order valence-electron chi connectivity index (χ2n) is 8.28. The lowest BCUT2D eigenvalue weighted by molar-refractivity contribution is -0.115. The normalized spacial score (nSPS) is 22.1. The van der Waals surface area contributed by atoms with Crippen LogP contribution in [-0.2, 0) is 28.0 Å². The predicted octanol–water partition coefficient (Wildman–Crippen LogP) is 5.26. The van der Waals surface area contributed by atoms with Crippen molar-refractivity contribution in [2.45, 2.75) is 66.2 Å². The van der Waals surface area contributed by atoms with Crippen molar-refractivity contribution in [1.29, 1.82) is 0 Å². The van der Waals surface area contributed by atoms with E-state index in [0.717, 1.165) is 36.5 Å². The van der Waals surface area contributed by atoms with Crippen molar-refractivity contribution in [2.75, 3.05) is 20.4 Å². The zero-order chi connectivity index (χ0) is 25.3. The minimum Gasteiger partial charge on any atom is -0.312 e. The Morgan fingerprint density at radius 1 is 0.909 bits per heavy atom. The first kappa shape index (κ1) is 31.0. The smallest absolute Gasteiger partial charge is 0.312 e. The topological polar surface area (TPSA) is 86.7 Å². The first-order chi connectivity index (χ1) is 15.7. The largest absolute Gasteiger partial charge is 0.337 e. The standard InChI is InChI=1S/C12H16O.C9H12O.C5H11O4P/c1-3-11-9-12(11)8-6-4-5-7-10(2)13;1-2-8-7-9(8)5-3-4-6-10;1-5(6)4-10(7,8-2)9-3/h5,7,11-12H,3,8-9H2,1-2H3;6,8-9H,2,5,7H2,1H3;4H2,1-3H3/b7-5+;;/t11-,12+;8-,9+;/m11./s1. The molecule has 0 spiro atoms. The van der Waals surface area contributed by atoms with E-state index in [4.69, 9.17) is 0 Å². The van der Waals surface area contributed by atoms with Crippen molar-refractivity contribution in [3.8, 4) is 23.7 Å². The number of hydrogen-bond acceptors (Lipinski definition) is 6. The molecule has 0 aliphatic heterocycles. The fourth-order valence-electron chi connectivity index (χ4n) is 3.24. The van der Waals surface area contributed by atoms with Gasteiger partial charge in [0.15, 0.2) is 12.1 Å². The maximum Gasteiger partial charge on any atom is 0.337 e. The third-order valence-electron chi connectivity index (χ3n) is 5.55. The van der Waals surface area contributed by atoms with Crippen molar-refractivity contribution < 1.29 is 28.0 Å². The van der Waals surface area contributed by atoms with Crippen LogP contribution < -0.4 is 0 Å². The molecule has 0 unspecified atom stereocenters. The van der Waals surface area contributed by atoms with Crippen LogP contribution in [0.4, 0.5) is 0 Å². The number of Topliss-reactive ketones (excluding diaryl/α,β-unsaturated/α-hetero) is 1. The molecule has 0 aromatic carbocycles. The SMILES string of the molecule is CC[C@@H]1C[C@@H]1CC#C/C=C/C(C)=O.CC[C@@H]1C[C@@H]1CC#CC=O.COP(=O)(CC(C)=O)OC. The summed E-state index contributed by atoms with van der Waals surface area (Å²) in [5, 5.41) is 0. The molecule has 2 aliphatic carbocycles. The summed E-state index contributed by atoms with van der Waals surface area (Å²) in [5.41, 5.74) is 0. The highest BCUT2D eigenvalue weighted by molar-refractivity contribution is 7.54. The van der Waals surface area contributed by atoms with E-state index in [1.54, 1.807) is 6.08 Å². The zero-order valence-electron chi connectivity index (χ0n) is 20.9. The van der Waals surface area contributed by atoms with Gasteiger partial charge in [-0.1, -0.05) is 44.5 Å². The summed E-state index contributed by atoms with van der Waals surface area (Å²) in [7, 11) is -0.572. The van der Waals surface area contributed by atoms with Gasteiger partial charge in [0.25, 0.3) is 0 Å². The van der Waals surface area contributed by atoms with Crippen LogP contribution in [-0.4, -0.2) is 38.2 Å². The van der Waals surface area contributed by atoms with Gasteiger partial charge in [0.05, 0.1) is 0 Å². The van der Waals surface area contributed by atoms with Crippen LogP contribution >= 0.6 is 7.60 Å². The number of allylic oxidation sites excluding steroid dienone is 2. The van der Waals surface area contributed by atoms with Gasteiger partial charge in [0.1, 0.15) is 11.9 Å². The third-order valence-corrected chi connectivity index (χ3v) is 7.50. The van der Waals surface area contributed by atoms with E-state index >= 15 is 0 Å². The Kier molecular flexibility index (Phi) is 16.4. The van der Waals surface area contributed by atoms with Gasteiger partial charge in [0.2, 0.25) is 0 Å². The number of hydrogen-bond donors (Lipinski definition) is 0. The van der Waals surface area contributed by atoms with Crippen molar-refractivity contribution in [1.82, 2.24) is 0 Å². The second kappa shape index (κ2) is 17.5. The van der Waals surface area contributed by atoms with Gasteiger partial charge in [-0.25, -0.2) is 0 Å². The molecule has 0 saturated heterocycles. The summed E-state index contributed by atoms with van der Waals surface area (Å²) in [6.45, 7) is 7.31. The van der Waals surface area contributed by atoms with Gasteiger partial charge in [-0.05, 0) is 68.4 Å². The van der Waals surface area contributed by atoms with Crippen LogP contribution in [0.15, 0.2) is 12.2 Å². The average Bonchev–Trinajstić information content (AvgIpc) is 3.69. The molecule has 2 saturated carbocycles. The first-order valence-electron chi connectivity index (χ1n) is 11.4. The summed E-state index contributed by atoms with van der Waals surface area (Å²) >= 11 is 0. The van der Waals surface area contributed by atoms with E-state index in [1.165, 1.54) is 59.8 Å². The Morgan fingerprint density at radius 3 is 1.70 bits per heavy atom. The lowest BCUT2D eigenvalue weighted by Gasteiger charge is -2.10. The molecule has 6 nitrogen and oxygen atoms in total. The molecule has 2 rings (SSSR count). The molecule has 0 radical (unpaired) electrons. The maximum atomic E-state index is 11.1. The summed E-state index contributed by atoms with van der Waals surface area (Å²) in [6.07, 6.45) is 10.8. The van der Waals surface area contributed by atoms with Gasteiger partial charge in [-0.15, -0.1) is 0 Å².